The van der Waals surface area contributed by atoms with Crippen LogP contribution in [0, 0.1) is 0 Å². The molecule has 0 saturated heterocycles. The first-order valence-electron chi connectivity index (χ1n) is 10.7. The number of benzene rings is 3. The van der Waals surface area contributed by atoms with Gasteiger partial charge in [-0.15, -0.1) is 0 Å². The Morgan fingerprint density at radius 2 is 1.59 bits per heavy atom. The molecule has 2 aromatic heterocycles. The van der Waals surface area contributed by atoms with E-state index in [1.54, 1.807) is 30.6 Å². The molecule has 0 fully saturated rings. The fourth-order valence-corrected chi connectivity index (χ4v) is 3.45. The second kappa shape index (κ2) is 9.79. The number of nitrogens with zero attached hydrogens (tertiary/aromatic N) is 3. The van der Waals surface area contributed by atoms with E-state index < -0.39 is 0 Å². The Hall–Kier alpha value is -4.78. The highest BCUT2D eigenvalue weighted by molar-refractivity contribution is 6.06. The molecule has 2 heterocycles. The maximum atomic E-state index is 13.2. The molecule has 5 aromatic rings. The predicted octanol–water partition coefficient (Wildman–Crippen LogP) is 5.77. The average molecular weight is 448 g/mol. The summed E-state index contributed by atoms with van der Waals surface area (Å²) in [5.74, 6) is 1.79. The van der Waals surface area contributed by atoms with Gasteiger partial charge in [0.25, 0.3) is 5.91 Å². The molecule has 0 atom stereocenters. The third kappa shape index (κ3) is 4.83. The van der Waals surface area contributed by atoms with Gasteiger partial charge in [0.15, 0.2) is 0 Å². The fraction of sp³-hybridized carbons (Fsp3) is 0.0370. The summed E-state index contributed by atoms with van der Waals surface area (Å²) in [4.78, 5) is 21.7. The summed E-state index contributed by atoms with van der Waals surface area (Å²) in [5.41, 5.74) is 2.76. The van der Waals surface area contributed by atoms with E-state index in [2.05, 4.69) is 20.4 Å². The molecule has 0 aliphatic heterocycles. The molecule has 0 aliphatic carbocycles. The van der Waals surface area contributed by atoms with E-state index in [9.17, 15) is 4.79 Å². The van der Waals surface area contributed by atoms with Gasteiger partial charge in [-0.3, -0.25) is 9.78 Å². The van der Waals surface area contributed by atoms with Crippen LogP contribution in [0.25, 0.3) is 11.4 Å². The van der Waals surface area contributed by atoms with E-state index in [-0.39, 0.29) is 5.91 Å². The number of aromatic nitrogens is 3. The van der Waals surface area contributed by atoms with Crippen molar-refractivity contribution in [2.75, 3.05) is 5.32 Å². The summed E-state index contributed by atoms with van der Waals surface area (Å²) in [6, 6.07) is 27.6. The first-order valence-corrected chi connectivity index (χ1v) is 10.7. The lowest BCUT2D eigenvalue weighted by Crippen LogP contribution is -2.14. The van der Waals surface area contributed by atoms with Crippen molar-refractivity contribution in [3.05, 3.63) is 120 Å². The molecule has 0 aliphatic rings. The van der Waals surface area contributed by atoms with E-state index in [1.807, 2.05) is 72.8 Å². The van der Waals surface area contributed by atoms with Crippen molar-refractivity contribution in [3.63, 3.8) is 0 Å². The first kappa shape index (κ1) is 21.1. The first-order chi connectivity index (χ1) is 16.8. The maximum Gasteiger partial charge on any atom is 0.259 e. The lowest BCUT2D eigenvalue weighted by Gasteiger charge is -2.13. The van der Waals surface area contributed by atoms with Crippen LogP contribution in [0.15, 0.2) is 108 Å². The molecule has 34 heavy (non-hydrogen) atoms. The van der Waals surface area contributed by atoms with Crippen LogP contribution >= 0.6 is 0 Å². The van der Waals surface area contributed by atoms with Gasteiger partial charge in [0, 0.05) is 23.6 Å². The van der Waals surface area contributed by atoms with Crippen molar-refractivity contribution in [2.45, 2.75) is 6.42 Å². The van der Waals surface area contributed by atoms with Gasteiger partial charge in [0.05, 0.1) is 12.0 Å². The Morgan fingerprint density at radius 1 is 0.853 bits per heavy atom. The van der Waals surface area contributed by atoms with Crippen LogP contribution in [0.3, 0.4) is 0 Å². The monoisotopic (exact) mass is 448 g/mol. The molecule has 5 rings (SSSR count). The van der Waals surface area contributed by atoms with E-state index in [0.717, 1.165) is 11.1 Å². The predicted molar refractivity (Wildman–Crippen MR) is 128 cm³/mol. The van der Waals surface area contributed by atoms with E-state index in [1.165, 1.54) is 0 Å². The summed E-state index contributed by atoms with van der Waals surface area (Å²) in [6.45, 7) is 0. The molecule has 7 heteroatoms. The number of hydrogen-bond donors (Lipinski definition) is 1. The highest BCUT2D eigenvalue weighted by Crippen LogP contribution is 2.27. The van der Waals surface area contributed by atoms with Gasteiger partial charge in [0.1, 0.15) is 11.5 Å². The van der Waals surface area contributed by atoms with Crippen LogP contribution in [0.1, 0.15) is 21.8 Å². The number of nitrogens with one attached hydrogen (secondary N) is 1. The number of amides is 1. The highest BCUT2D eigenvalue weighted by Gasteiger charge is 2.16. The SMILES string of the molecule is O=C(Nc1ccccc1Cc1nc(-c2ccncc2)no1)c1ccccc1Oc1ccccc1. The molecule has 7 nitrogen and oxygen atoms in total. The van der Waals surface area contributed by atoms with Crippen LogP contribution in [-0.2, 0) is 6.42 Å². The zero-order valence-corrected chi connectivity index (χ0v) is 18.1. The van der Waals surface area contributed by atoms with Crippen molar-refractivity contribution in [2.24, 2.45) is 0 Å². The Morgan fingerprint density at radius 3 is 2.44 bits per heavy atom. The molecule has 166 valence electrons. The lowest BCUT2D eigenvalue weighted by molar-refractivity contribution is 0.102. The van der Waals surface area contributed by atoms with E-state index in [4.69, 9.17) is 9.26 Å². The van der Waals surface area contributed by atoms with Gasteiger partial charge in [-0.2, -0.15) is 4.98 Å². The third-order valence-corrected chi connectivity index (χ3v) is 5.12. The van der Waals surface area contributed by atoms with Crippen LogP contribution in [0.2, 0.25) is 0 Å². The minimum Gasteiger partial charge on any atom is -0.457 e. The molecule has 0 bridgehead atoms. The molecular weight excluding hydrogens is 428 g/mol. The topological polar surface area (TPSA) is 90.1 Å². The molecular formula is C27H20N4O3. The van der Waals surface area contributed by atoms with Crippen LogP contribution in [0.4, 0.5) is 5.69 Å². The summed E-state index contributed by atoms with van der Waals surface area (Å²) in [5, 5.41) is 7.05. The number of ether oxygens (including phenoxy) is 1. The average Bonchev–Trinajstić information content (AvgIpc) is 3.35. The quantitative estimate of drug-likeness (QED) is 0.340. The summed E-state index contributed by atoms with van der Waals surface area (Å²) in [6.07, 6.45) is 3.72. The standard InChI is InChI=1S/C27H20N4O3/c32-27(22-11-5-7-13-24(22)33-21-9-2-1-3-10-21)29-23-12-6-4-8-20(23)18-25-30-26(31-34-25)19-14-16-28-17-15-19/h1-17H,18H2,(H,29,32). The van der Waals surface area contributed by atoms with Crippen LogP contribution in [0.5, 0.6) is 11.5 Å². The molecule has 0 unspecified atom stereocenters. The summed E-state index contributed by atoms with van der Waals surface area (Å²) in [7, 11) is 0. The van der Waals surface area contributed by atoms with Gasteiger partial charge in [-0.25, -0.2) is 0 Å². The number of hydrogen-bond acceptors (Lipinski definition) is 6. The van der Waals surface area contributed by atoms with Crippen LogP contribution in [-0.4, -0.2) is 21.0 Å². The second-order valence-corrected chi connectivity index (χ2v) is 7.45. The summed E-state index contributed by atoms with van der Waals surface area (Å²) >= 11 is 0. The molecule has 0 radical (unpaired) electrons. The fourth-order valence-electron chi connectivity index (χ4n) is 3.45. The van der Waals surface area contributed by atoms with Gasteiger partial charge in [-0.1, -0.05) is 53.7 Å². The second-order valence-electron chi connectivity index (χ2n) is 7.45. The number of pyridine rings is 1. The van der Waals surface area contributed by atoms with Crippen molar-refractivity contribution in [1.29, 1.82) is 0 Å². The van der Waals surface area contributed by atoms with Gasteiger partial charge >= 0.3 is 0 Å². The molecule has 0 spiro atoms. The number of carbonyl (C=O) groups excluding carboxylic acids is 1. The van der Waals surface area contributed by atoms with E-state index >= 15 is 0 Å². The maximum absolute atomic E-state index is 13.2. The molecule has 3 aromatic carbocycles. The minimum atomic E-state index is -0.276. The Labute approximate surface area is 196 Å². The number of rotatable bonds is 7. The third-order valence-electron chi connectivity index (χ3n) is 5.12. The normalized spacial score (nSPS) is 10.6. The van der Waals surface area contributed by atoms with Crippen molar-refractivity contribution >= 4 is 11.6 Å². The molecule has 1 amide bonds. The summed E-state index contributed by atoms with van der Waals surface area (Å²) < 4.78 is 11.4. The van der Waals surface area contributed by atoms with Gasteiger partial charge in [-0.05, 0) is 48.0 Å². The smallest absolute Gasteiger partial charge is 0.259 e. The number of para-hydroxylation sites is 3. The van der Waals surface area contributed by atoms with Crippen molar-refractivity contribution < 1.29 is 14.1 Å². The molecule has 0 saturated carbocycles. The minimum absolute atomic E-state index is 0.276. The van der Waals surface area contributed by atoms with E-state index in [0.29, 0.717) is 40.9 Å². The van der Waals surface area contributed by atoms with Crippen LogP contribution < -0.4 is 10.1 Å². The largest absolute Gasteiger partial charge is 0.457 e. The molecule has 1 N–H and O–H groups in total. The zero-order valence-electron chi connectivity index (χ0n) is 18.1. The van der Waals surface area contributed by atoms with Crippen molar-refractivity contribution in [3.8, 4) is 22.9 Å². The Kier molecular flexibility index (Phi) is 6.07. The van der Waals surface area contributed by atoms with Gasteiger partial charge in [0.2, 0.25) is 11.7 Å². The Bertz CT molecular complexity index is 1400. The zero-order chi connectivity index (χ0) is 23.2. The lowest BCUT2D eigenvalue weighted by atomic mass is 10.1. The number of anilines is 1. The van der Waals surface area contributed by atoms with Crippen molar-refractivity contribution in [1.82, 2.24) is 15.1 Å². The van der Waals surface area contributed by atoms with Gasteiger partial charge < -0.3 is 14.6 Å². The number of carbonyl (C=O) groups is 1. The Balaban J connectivity index is 1.35. The highest BCUT2D eigenvalue weighted by atomic mass is 16.5.